The topological polar surface area (TPSA) is 16.1 Å². The Morgan fingerprint density at radius 1 is 1.73 bits per heavy atom. The van der Waals surface area contributed by atoms with Crippen molar-refractivity contribution < 1.29 is 0 Å². The van der Waals surface area contributed by atoms with Crippen molar-refractivity contribution in [3.8, 4) is 0 Å². The van der Waals surface area contributed by atoms with E-state index in [0.29, 0.717) is 0 Å². The van der Waals surface area contributed by atoms with Crippen LogP contribution in [0.3, 0.4) is 0 Å². The van der Waals surface area contributed by atoms with Crippen LogP contribution in [0.1, 0.15) is 10.6 Å². The third-order valence-corrected chi connectivity index (χ3v) is 2.89. The molecule has 0 N–H and O–H groups in total. The summed E-state index contributed by atoms with van der Waals surface area (Å²) in [5.74, 6) is 0. The molecule has 2 rings (SSSR count). The smallest absolute Gasteiger partial charge is 0.0802 e. The zero-order valence-corrected chi connectivity index (χ0v) is 7.61. The Morgan fingerprint density at radius 2 is 2.55 bits per heavy atom. The van der Waals surface area contributed by atoms with Gasteiger partial charge in [-0.25, -0.2) is 4.98 Å². The molecule has 4 heteroatoms. The molecule has 0 fully saturated rings. The van der Waals surface area contributed by atoms with Crippen molar-refractivity contribution in [3.05, 3.63) is 22.3 Å². The largest absolute Gasteiger partial charge is 0.373 e. The van der Waals surface area contributed by atoms with E-state index < -0.39 is 0 Å². The molecular formula is C7H7ClN2S. The van der Waals surface area contributed by atoms with Crippen LogP contribution in [0.25, 0.3) is 5.03 Å². The van der Waals surface area contributed by atoms with E-state index in [9.17, 15) is 0 Å². The summed E-state index contributed by atoms with van der Waals surface area (Å²) in [5.41, 5.74) is 2.92. The minimum atomic E-state index is 0.802. The first-order valence-electron chi connectivity index (χ1n) is 3.27. The molecule has 0 saturated carbocycles. The lowest BCUT2D eigenvalue weighted by atomic mass is 10.3. The number of rotatable bonds is 0. The molecule has 0 bridgehead atoms. The van der Waals surface area contributed by atoms with Crippen LogP contribution in [0.5, 0.6) is 0 Å². The molecule has 0 aromatic carbocycles. The zero-order chi connectivity index (χ0) is 7.84. The van der Waals surface area contributed by atoms with Gasteiger partial charge in [-0.3, -0.25) is 0 Å². The monoisotopic (exact) mass is 186 g/mol. The lowest BCUT2D eigenvalue weighted by Crippen LogP contribution is -2.15. The number of nitrogens with zero attached hydrogens (tertiary/aromatic N) is 2. The average Bonchev–Trinajstić information content (AvgIpc) is 2.34. The van der Waals surface area contributed by atoms with Gasteiger partial charge in [-0.2, -0.15) is 0 Å². The van der Waals surface area contributed by atoms with Crippen LogP contribution in [-0.2, 0) is 6.54 Å². The molecule has 1 aromatic rings. The van der Waals surface area contributed by atoms with Crippen molar-refractivity contribution in [2.45, 2.75) is 6.54 Å². The van der Waals surface area contributed by atoms with Crippen molar-refractivity contribution in [1.29, 1.82) is 0 Å². The number of halogens is 1. The third kappa shape index (κ3) is 1.14. The van der Waals surface area contributed by atoms with Crippen molar-refractivity contribution in [2.75, 3.05) is 7.05 Å². The second-order valence-electron chi connectivity index (χ2n) is 2.52. The summed E-state index contributed by atoms with van der Waals surface area (Å²) in [5, 5.41) is 0.802. The number of hydrogen-bond donors (Lipinski definition) is 0. The molecule has 2 nitrogen and oxygen atoms in total. The van der Waals surface area contributed by atoms with E-state index in [1.807, 2.05) is 23.7 Å². The van der Waals surface area contributed by atoms with Gasteiger partial charge >= 0.3 is 0 Å². The third-order valence-electron chi connectivity index (χ3n) is 1.59. The standard InChI is InChI=1S/C7H7ClN2S/c1-10-2-5(8)7-6(3-10)9-4-11-7/h2,4H,3H2,1H3. The van der Waals surface area contributed by atoms with Crippen molar-refractivity contribution >= 4 is 28.0 Å². The minimum absolute atomic E-state index is 0.802. The Bertz CT molecular complexity index is 305. The van der Waals surface area contributed by atoms with Gasteiger partial charge in [0.1, 0.15) is 0 Å². The van der Waals surface area contributed by atoms with Gasteiger partial charge in [0.2, 0.25) is 0 Å². The molecule has 2 heterocycles. The highest BCUT2D eigenvalue weighted by Gasteiger charge is 2.15. The molecule has 0 unspecified atom stereocenters. The van der Waals surface area contributed by atoms with Crippen LogP contribution in [0.4, 0.5) is 0 Å². The maximum Gasteiger partial charge on any atom is 0.0802 e. The molecule has 1 aliphatic heterocycles. The van der Waals surface area contributed by atoms with Crippen LogP contribution >= 0.6 is 22.9 Å². The lowest BCUT2D eigenvalue weighted by molar-refractivity contribution is 0.441. The molecule has 58 valence electrons. The fourth-order valence-electron chi connectivity index (χ4n) is 1.11. The Morgan fingerprint density at radius 3 is 3.36 bits per heavy atom. The van der Waals surface area contributed by atoms with Gasteiger partial charge in [0.05, 0.1) is 27.7 Å². The second-order valence-corrected chi connectivity index (χ2v) is 3.78. The van der Waals surface area contributed by atoms with E-state index in [1.54, 1.807) is 11.3 Å². The van der Waals surface area contributed by atoms with E-state index in [-0.39, 0.29) is 0 Å². The Balaban J connectivity index is 2.50. The first-order valence-corrected chi connectivity index (χ1v) is 4.53. The quantitative estimate of drug-likeness (QED) is 0.617. The number of hydrogen-bond acceptors (Lipinski definition) is 3. The lowest BCUT2D eigenvalue weighted by Gasteiger charge is -2.18. The highest BCUT2D eigenvalue weighted by atomic mass is 35.5. The minimum Gasteiger partial charge on any atom is -0.373 e. The predicted octanol–water partition coefficient (Wildman–Crippen LogP) is 2.13. The molecule has 1 aromatic heterocycles. The summed E-state index contributed by atoms with van der Waals surface area (Å²) in [6.45, 7) is 0.870. The molecule has 0 amide bonds. The maximum absolute atomic E-state index is 5.97. The van der Waals surface area contributed by atoms with Gasteiger partial charge < -0.3 is 4.90 Å². The molecule has 11 heavy (non-hydrogen) atoms. The second kappa shape index (κ2) is 2.50. The summed E-state index contributed by atoms with van der Waals surface area (Å²) in [4.78, 5) is 7.36. The SMILES string of the molecule is CN1C=C(Cl)c2scnc2C1. The van der Waals surface area contributed by atoms with Crippen LogP contribution in [-0.4, -0.2) is 16.9 Å². The highest BCUT2D eigenvalue weighted by molar-refractivity contribution is 7.11. The molecule has 0 saturated heterocycles. The van der Waals surface area contributed by atoms with Crippen LogP contribution in [0.15, 0.2) is 11.7 Å². The van der Waals surface area contributed by atoms with E-state index in [2.05, 4.69) is 4.98 Å². The maximum atomic E-state index is 5.97. The summed E-state index contributed by atoms with van der Waals surface area (Å²) >= 11 is 7.57. The first-order chi connectivity index (χ1) is 5.27. The van der Waals surface area contributed by atoms with E-state index >= 15 is 0 Å². The molecule has 0 aliphatic carbocycles. The van der Waals surface area contributed by atoms with Crippen LogP contribution in [0.2, 0.25) is 0 Å². The van der Waals surface area contributed by atoms with E-state index in [4.69, 9.17) is 11.6 Å². The Labute approximate surface area is 74.1 Å². The number of aromatic nitrogens is 1. The van der Waals surface area contributed by atoms with Gasteiger partial charge in [-0.1, -0.05) is 11.6 Å². The average molecular weight is 187 g/mol. The summed E-state index contributed by atoms with van der Waals surface area (Å²) in [6, 6.07) is 0. The van der Waals surface area contributed by atoms with Gasteiger partial charge in [0.25, 0.3) is 0 Å². The van der Waals surface area contributed by atoms with Gasteiger partial charge in [0, 0.05) is 13.2 Å². The molecule has 0 atom stereocenters. The predicted molar refractivity (Wildman–Crippen MR) is 47.4 cm³/mol. The Kier molecular flexibility index (Phi) is 1.62. The van der Waals surface area contributed by atoms with Crippen molar-refractivity contribution in [3.63, 3.8) is 0 Å². The summed E-state index contributed by atoms with van der Waals surface area (Å²) in [7, 11) is 1.99. The van der Waals surface area contributed by atoms with Gasteiger partial charge in [-0.15, -0.1) is 11.3 Å². The molecular weight excluding hydrogens is 180 g/mol. The summed E-state index contributed by atoms with van der Waals surface area (Å²) < 4.78 is 0. The molecule has 0 spiro atoms. The van der Waals surface area contributed by atoms with Crippen LogP contribution < -0.4 is 0 Å². The molecule has 1 aliphatic rings. The van der Waals surface area contributed by atoms with E-state index in [0.717, 1.165) is 22.1 Å². The number of thiazole rings is 1. The highest BCUT2D eigenvalue weighted by Crippen LogP contribution is 2.30. The van der Waals surface area contributed by atoms with Crippen LogP contribution in [0, 0.1) is 0 Å². The Hall–Kier alpha value is -0.540. The van der Waals surface area contributed by atoms with E-state index in [1.165, 1.54) is 0 Å². The number of fused-ring (bicyclic) bond motifs is 1. The van der Waals surface area contributed by atoms with Gasteiger partial charge in [-0.05, 0) is 0 Å². The van der Waals surface area contributed by atoms with Crippen molar-refractivity contribution in [2.24, 2.45) is 0 Å². The van der Waals surface area contributed by atoms with Gasteiger partial charge in [0.15, 0.2) is 0 Å². The fraction of sp³-hybridized carbons (Fsp3) is 0.286. The zero-order valence-electron chi connectivity index (χ0n) is 6.04. The first kappa shape index (κ1) is 7.13. The summed E-state index contributed by atoms with van der Waals surface area (Å²) in [6.07, 6.45) is 1.93. The molecule has 0 radical (unpaired) electrons. The normalized spacial score (nSPS) is 16.2. The fourth-order valence-corrected chi connectivity index (χ4v) is 2.22. The van der Waals surface area contributed by atoms with Crippen molar-refractivity contribution in [1.82, 2.24) is 9.88 Å².